The Morgan fingerprint density at radius 2 is 1.94 bits per heavy atom. The van der Waals surface area contributed by atoms with Gasteiger partial charge in [-0.15, -0.1) is 0 Å². The molecule has 1 aromatic heterocycles. The molecule has 0 unspecified atom stereocenters. The van der Waals surface area contributed by atoms with E-state index in [4.69, 9.17) is 0 Å². The molecular formula is C14H24N2O. The zero-order chi connectivity index (χ0) is 12.8. The number of aromatic nitrogens is 1. The molecule has 0 radical (unpaired) electrons. The Morgan fingerprint density at radius 1 is 1.29 bits per heavy atom. The molecular weight excluding hydrogens is 212 g/mol. The highest BCUT2D eigenvalue weighted by molar-refractivity contribution is 5.77. The molecule has 0 aliphatic carbocycles. The first kappa shape index (κ1) is 14.0. The smallest absolute Gasteiger partial charge is 0.151 e. The van der Waals surface area contributed by atoms with Gasteiger partial charge in [0, 0.05) is 23.5 Å². The number of hydrogen-bond acceptors (Lipinski definition) is 2. The average molecular weight is 236 g/mol. The van der Waals surface area contributed by atoms with Gasteiger partial charge in [0.25, 0.3) is 0 Å². The average Bonchev–Trinajstić information content (AvgIpc) is 2.61. The first-order valence-corrected chi connectivity index (χ1v) is 6.48. The summed E-state index contributed by atoms with van der Waals surface area (Å²) >= 11 is 0. The fourth-order valence-electron chi connectivity index (χ4n) is 2.28. The molecule has 17 heavy (non-hydrogen) atoms. The molecule has 0 amide bonds. The van der Waals surface area contributed by atoms with Crippen molar-refractivity contribution in [2.75, 3.05) is 19.6 Å². The third-order valence-corrected chi connectivity index (χ3v) is 3.49. The Bertz CT molecular complexity index is 365. The van der Waals surface area contributed by atoms with Gasteiger partial charge in [-0.3, -0.25) is 4.79 Å². The number of aldehydes is 1. The summed E-state index contributed by atoms with van der Waals surface area (Å²) in [6.07, 6.45) is 2.08. The van der Waals surface area contributed by atoms with Crippen LogP contribution in [0.1, 0.15) is 42.0 Å². The highest BCUT2D eigenvalue weighted by Gasteiger charge is 2.08. The van der Waals surface area contributed by atoms with Gasteiger partial charge < -0.3 is 9.47 Å². The SMILES string of the molecule is CCN(CC)CCCn1c(C)cc(C=O)c1C. The van der Waals surface area contributed by atoms with Crippen LogP contribution in [-0.2, 0) is 6.54 Å². The van der Waals surface area contributed by atoms with Crippen molar-refractivity contribution in [2.45, 2.75) is 40.7 Å². The van der Waals surface area contributed by atoms with Gasteiger partial charge >= 0.3 is 0 Å². The summed E-state index contributed by atoms with van der Waals surface area (Å²) in [5.41, 5.74) is 3.10. The van der Waals surface area contributed by atoms with E-state index in [0.717, 1.165) is 50.1 Å². The molecule has 0 aliphatic rings. The van der Waals surface area contributed by atoms with E-state index in [1.165, 1.54) is 5.69 Å². The molecule has 0 N–H and O–H groups in total. The standard InChI is InChI=1S/C14H24N2O/c1-5-15(6-2)8-7-9-16-12(3)10-14(11-17)13(16)4/h10-11H,5-9H2,1-4H3. The van der Waals surface area contributed by atoms with Crippen LogP contribution >= 0.6 is 0 Å². The largest absolute Gasteiger partial charge is 0.348 e. The third kappa shape index (κ3) is 3.43. The minimum atomic E-state index is 0.824. The predicted octanol–water partition coefficient (Wildman–Crippen LogP) is 2.65. The van der Waals surface area contributed by atoms with Crippen LogP contribution in [0.5, 0.6) is 0 Å². The normalized spacial score (nSPS) is 11.1. The third-order valence-electron chi connectivity index (χ3n) is 3.49. The number of rotatable bonds is 7. The quantitative estimate of drug-likeness (QED) is 0.680. The van der Waals surface area contributed by atoms with E-state index < -0.39 is 0 Å². The van der Waals surface area contributed by atoms with Crippen molar-refractivity contribution >= 4 is 6.29 Å². The number of aryl methyl sites for hydroxylation is 1. The topological polar surface area (TPSA) is 25.2 Å². The van der Waals surface area contributed by atoms with Crippen molar-refractivity contribution in [3.05, 3.63) is 23.0 Å². The van der Waals surface area contributed by atoms with Crippen molar-refractivity contribution in [3.8, 4) is 0 Å². The maximum Gasteiger partial charge on any atom is 0.151 e. The van der Waals surface area contributed by atoms with Crippen LogP contribution in [0.25, 0.3) is 0 Å². The number of carbonyl (C=O) groups excluding carboxylic acids is 1. The molecule has 0 spiro atoms. The zero-order valence-corrected chi connectivity index (χ0v) is 11.5. The predicted molar refractivity (Wildman–Crippen MR) is 71.7 cm³/mol. The summed E-state index contributed by atoms with van der Waals surface area (Å²) in [5.74, 6) is 0. The Hall–Kier alpha value is -1.09. The zero-order valence-electron chi connectivity index (χ0n) is 11.5. The van der Waals surface area contributed by atoms with Crippen LogP contribution in [-0.4, -0.2) is 35.4 Å². The van der Waals surface area contributed by atoms with Crippen LogP contribution < -0.4 is 0 Å². The minimum Gasteiger partial charge on any atom is -0.348 e. The summed E-state index contributed by atoms with van der Waals surface area (Å²) < 4.78 is 2.24. The molecule has 3 nitrogen and oxygen atoms in total. The van der Waals surface area contributed by atoms with Gasteiger partial charge in [0.05, 0.1) is 0 Å². The van der Waals surface area contributed by atoms with Crippen LogP contribution in [0.15, 0.2) is 6.07 Å². The van der Waals surface area contributed by atoms with E-state index in [0.29, 0.717) is 0 Å². The van der Waals surface area contributed by atoms with Gasteiger partial charge in [-0.25, -0.2) is 0 Å². The fourth-order valence-corrected chi connectivity index (χ4v) is 2.28. The first-order chi connectivity index (χ1) is 8.13. The molecule has 0 aliphatic heterocycles. The second-order valence-electron chi connectivity index (χ2n) is 4.48. The second-order valence-corrected chi connectivity index (χ2v) is 4.48. The van der Waals surface area contributed by atoms with Gasteiger partial charge in [-0.2, -0.15) is 0 Å². The number of hydrogen-bond donors (Lipinski definition) is 0. The highest BCUT2D eigenvalue weighted by atomic mass is 16.1. The Morgan fingerprint density at radius 3 is 2.41 bits per heavy atom. The van der Waals surface area contributed by atoms with Crippen LogP contribution in [0, 0.1) is 13.8 Å². The lowest BCUT2D eigenvalue weighted by molar-refractivity contribution is 0.112. The summed E-state index contributed by atoms with van der Waals surface area (Å²) in [6, 6.07) is 1.97. The molecule has 0 fully saturated rings. The van der Waals surface area contributed by atoms with E-state index in [-0.39, 0.29) is 0 Å². The summed E-state index contributed by atoms with van der Waals surface area (Å²) in [5, 5.41) is 0. The fraction of sp³-hybridized carbons (Fsp3) is 0.643. The molecule has 0 atom stereocenters. The summed E-state index contributed by atoms with van der Waals surface area (Å²) in [4.78, 5) is 13.3. The minimum absolute atomic E-state index is 0.824. The van der Waals surface area contributed by atoms with Gasteiger partial charge in [-0.05, 0) is 46.0 Å². The molecule has 0 saturated carbocycles. The van der Waals surface area contributed by atoms with Crippen LogP contribution in [0.3, 0.4) is 0 Å². The molecule has 96 valence electrons. The van der Waals surface area contributed by atoms with Crippen molar-refractivity contribution < 1.29 is 4.79 Å². The molecule has 0 bridgehead atoms. The second kappa shape index (κ2) is 6.60. The van der Waals surface area contributed by atoms with Crippen molar-refractivity contribution in [3.63, 3.8) is 0 Å². The van der Waals surface area contributed by atoms with Crippen LogP contribution in [0.2, 0.25) is 0 Å². The van der Waals surface area contributed by atoms with E-state index in [1.54, 1.807) is 0 Å². The Kier molecular flexibility index (Phi) is 5.42. The van der Waals surface area contributed by atoms with Crippen molar-refractivity contribution in [1.82, 2.24) is 9.47 Å². The van der Waals surface area contributed by atoms with E-state index >= 15 is 0 Å². The van der Waals surface area contributed by atoms with E-state index in [2.05, 4.69) is 30.2 Å². The van der Waals surface area contributed by atoms with Gasteiger partial charge in [0.2, 0.25) is 0 Å². The molecule has 1 rings (SSSR count). The number of carbonyl (C=O) groups is 1. The van der Waals surface area contributed by atoms with Gasteiger partial charge in [0.1, 0.15) is 0 Å². The van der Waals surface area contributed by atoms with E-state index in [1.807, 2.05) is 13.0 Å². The molecule has 0 saturated heterocycles. The Labute approximate surface area is 104 Å². The maximum atomic E-state index is 10.8. The molecule has 3 heteroatoms. The molecule has 1 heterocycles. The van der Waals surface area contributed by atoms with Crippen molar-refractivity contribution in [2.24, 2.45) is 0 Å². The van der Waals surface area contributed by atoms with Crippen LogP contribution in [0.4, 0.5) is 0 Å². The highest BCUT2D eigenvalue weighted by Crippen LogP contribution is 2.13. The monoisotopic (exact) mass is 236 g/mol. The van der Waals surface area contributed by atoms with E-state index in [9.17, 15) is 4.79 Å². The lowest BCUT2D eigenvalue weighted by Gasteiger charge is -2.18. The van der Waals surface area contributed by atoms with Gasteiger partial charge in [-0.1, -0.05) is 13.8 Å². The number of nitrogens with zero attached hydrogens (tertiary/aromatic N) is 2. The lowest BCUT2D eigenvalue weighted by Crippen LogP contribution is -2.25. The Balaban J connectivity index is 2.57. The molecule has 1 aromatic rings. The molecule has 0 aromatic carbocycles. The maximum absolute atomic E-state index is 10.8. The van der Waals surface area contributed by atoms with Crippen molar-refractivity contribution in [1.29, 1.82) is 0 Å². The first-order valence-electron chi connectivity index (χ1n) is 6.48. The summed E-state index contributed by atoms with van der Waals surface area (Å²) in [6.45, 7) is 12.8. The van der Waals surface area contributed by atoms with Gasteiger partial charge in [0.15, 0.2) is 6.29 Å². The lowest BCUT2D eigenvalue weighted by atomic mass is 10.3. The summed E-state index contributed by atoms with van der Waals surface area (Å²) in [7, 11) is 0.